The summed E-state index contributed by atoms with van der Waals surface area (Å²) in [4.78, 5) is 34.8. The molecule has 0 bridgehead atoms. The Balaban J connectivity index is 1.92. The van der Waals surface area contributed by atoms with Crippen molar-refractivity contribution in [2.75, 3.05) is 44.9 Å². The quantitative estimate of drug-likeness (QED) is 0.287. The summed E-state index contributed by atoms with van der Waals surface area (Å²) in [7, 11) is 1.62. The molecule has 1 aliphatic heterocycles. The van der Waals surface area contributed by atoms with Gasteiger partial charge in [-0.3, -0.25) is 9.36 Å². The van der Waals surface area contributed by atoms with Crippen LogP contribution in [0.5, 0.6) is 17.2 Å². The Bertz CT molecular complexity index is 1650. The van der Waals surface area contributed by atoms with Crippen LogP contribution in [0.15, 0.2) is 57.5 Å². The number of carbonyl (C=O) groups excluding carboxylic acids is 1. The number of allylic oxidation sites excluding steroid dienone is 1. The standard InChI is InChI=1S/C32H39N3O6S/c1-8-34(9-2)23-15-13-21(25(19-23)38-7)18-27-30(36)35-29(22-14-16-24(39-10-3)26(17-22)40-11-4)28(31(37)41-12-5)20(6)33-32(35)42-27/h13-19,29H,8-12H2,1-7H3/b27-18-/t29-/m0/s1. The summed E-state index contributed by atoms with van der Waals surface area (Å²) in [5.41, 5.74) is 3.05. The lowest BCUT2D eigenvalue weighted by molar-refractivity contribution is -0.139. The maximum Gasteiger partial charge on any atom is 0.338 e. The number of esters is 1. The number of nitrogens with zero attached hydrogens (tertiary/aromatic N) is 3. The van der Waals surface area contributed by atoms with Gasteiger partial charge in [0.15, 0.2) is 16.3 Å². The average molecular weight is 594 g/mol. The summed E-state index contributed by atoms with van der Waals surface area (Å²) >= 11 is 1.27. The number of aromatic nitrogens is 1. The predicted octanol–water partition coefficient (Wildman–Crippen LogP) is 4.45. The molecule has 1 aliphatic rings. The van der Waals surface area contributed by atoms with Crippen LogP contribution in [-0.2, 0) is 9.53 Å². The van der Waals surface area contributed by atoms with Crippen LogP contribution >= 0.6 is 11.3 Å². The third-order valence-corrected chi connectivity index (χ3v) is 8.02. The number of thiazole rings is 1. The van der Waals surface area contributed by atoms with Crippen LogP contribution in [0.25, 0.3) is 6.08 Å². The van der Waals surface area contributed by atoms with Crippen molar-refractivity contribution in [3.63, 3.8) is 0 Å². The summed E-state index contributed by atoms with van der Waals surface area (Å²) in [6.45, 7) is 14.4. The fraction of sp³-hybridized carbons (Fsp3) is 0.406. The van der Waals surface area contributed by atoms with Crippen molar-refractivity contribution in [2.24, 2.45) is 4.99 Å². The van der Waals surface area contributed by atoms with Crippen molar-refractivity contribution < 1.29 is 23.7 Å². The molecular weight excluding hydrogens is 554 g/mol. The topological polar surface area (TPSA) is 91.6 Å². The maximum atomic E-state index is 14.1. The van der Waals surface area contributed by atoms with Crippen LogP contribution in [0.4, 0.5) is 5.69 Å². The SMILES string of the molecule is CCOC(=O)C1=C(C)N=c2s/c(=C\c3ccc(N(CC)CC)cc3OC)c(=O)n2[C@H]1c1ccc(OCC)c(OCC)c1. The third-order valence-electron chi connectivity index (χ3n) is 7.03. The molecule has 2 heterocycles. The summed E-state index contributed by atoms with van der Waals surface area (Å²) in [5, 5.41) is 0. The normalized spacial score (nSPS) is 14.7. The second-order valence-electron chi connectivity index (χ2n) is 9.47. The molecule has 0 N–H and O–H groups in total. The van der Waals surface area contributed by atoms with Crippen molar-refractivity contribution in [1.29, 1.82) is 0 Å². The molecule has 0 radical (unpaired) electrons. The van der Waals surface area contributed by atoms with Crippen molar-refractivity contribution in [1.82, 2.24) is 4.57 Å². The van der Waals surface area contributed by atoms with Crippen LogP contribution < -0.4 is 34.0 Å². The molecular formula is C32H39N3O6S. The average Bonchev–Trinajstić information content (AvgIpc) is 3.28. The molecule has 3 aromatic rings. The van der Waals surface area contributed by atoms with E-state index in [1.54, 1.807) is 31.6 Å². The number of methoxy groups -OCH3 is 1. The number of rotatable bonds is 12. The molecule has 1 aromatic heterocycles. The maximum absolute atomic E-state index is 14.1. The number of hydrogen-bond acceptors (Lipinski definition) is 9. The van der Waals surface area contributed by atoms with Gasteiger partial charge in [-0.05, 0) is 77.4 Å². The van der Waals surface area contributed by atoms with Gasteiger partial charge in [0.2, 0.25) is 0 Å². The van der Waals surface area contributed by atoms with Gasteiger partial charge in [0, 0.05) is 30.4 Å². The Hall–Kier alpha value is -4.05. The Morgan fingerprint density at radius 1 is 0.976 bits per heavy atom. The van der Waals surface area contributed by atoms with Crippen molar-refractivity contribution in [2.45, 2.75) is 47.6 Å². The first-order valence-corrected chi connectivity index (χ1v) is 15.1. The number of benzene rings is 2. The lowest BCUT2D eigenvalue weighted by atomic mass is 9.95. The number of carbonyl (C=O) groups is 1. The Kier molecular flexibility index (Phi) is 10.1. The number of hydrogen-bond donors (Lipinski definition) is 0. The smallest absolute Gasteiger partial charge is 0.338 e. The second-order valence-corrected chi connectivity index (χ2v) is 10.5. The van der Waals surface area contributed by atoms with Crippen LogP contribution in [0.1, 0.15) is 58.7 Å². The van der Waals surface area contributed by atoms with Gasteiger partial charge >= 0.3 is 5.97 Å². The highest BCUT2D eigenvalue weighted by molar-refractivity contribution is 7.07. The van der Waals surface area contributed by atoms with Crippen LogP contribution in [0.2, 0.25) is 0 Å². The zero-order valence-electron chi connectivity index (χ0n) is 25.4. The molecule has 0 fully saturated rings. The molecule has 1 atom stereocenters. The fourth-order valence-electron chi connectivity index (χ4n) is 5.09. The first-order valence-electron chi connectivity index (χ1n) is 14.3. The minimum absolute atomic E-state index is 0.198. The van der Waals surface area contributed by atoms with Gasteiger partial charge in [-0.1, -0.05) is 17.4 Å². The van der Waals surface area contributed by atoms with E-state index in [2.05, 4.69) is 23.7 Å². The van der Waals surface area contributed by atoms with Gasteiger partial charge < -0.3 is 23.8 Å². The zero-order chi connectivity index (χ0) is 30.4. The molecule has 224 valence electrons. The monoisotopic (exact) mass is 593 g/mol. The van der Waals surface area contributed by atoms with Gasteiger partial charge in [0.1, 0.15) is 5.75 Å². The van der Waals surface area contributed by atoms with Crippen molar-refractivity contribution in [3.8, 4) is 17.2 Å². The van der Waals surface area contributed by atoms with Crippen molar-refractivity contribution in [3.05, 3.63) is 78.5 Å². The first-order chi connectivity index (χ1) is 20.3. The molecule has 0 spiro atoms. The van der Waals surface area contributed by atoms with E-state index in [9.17, 15) is 9.59 Å². The van der Waals surface area contributed by atoms with E-state index in [0.717, 1.165) is 24.3 Å². The third kappa shape index (κ3) is 6.09. The largest absolute Gasteiger partial charge is 0.496 e. The van der Waals surface area contributed by atoms with Gasteiger partial charge in [0.05, 0.1) is 48.8 Å². The lowest BCUT2D eigenvalue weighted by Crippen LogP contribution is -2.40. The van der Waals surface area contributed by atoms with Gasteiger partial charge in [-0.2, -0.15) is 0 Å². The summed E-state index contributed by atoms with van der Waals surface area (Å²) < 4.78 is 24.8. The molecule has 4 rings (SSSR count). The molecule has 2 aromatic carbocycles. The van der Waals surface area contributed by atoms with E-state index < -0.39 is 12.0 Å². The van der Waals surface area contributed by atoms with E-state index in [0.29, 0.717) is 56.6 Å². The lowest BCUT2D eigenvalue weighted by Gasteiger charge is -2.25. The van der Waals surface area contributed by atoms with Crippen LogP contribution in [-0.4, -0.2) is 50.6 Å². The summed E-state index contributed by atoms with van der Waals surface area (Å²) in [6.07, 6.45) is 1.82. The molecule has 0 amide bonds. The van der Waals surface area contributed by atoms with E-state index in [1.807, 2.05) is 50.3 Å². The molecule has 0 saturated heterocycles. The van der Waals surface area contributed by atoms with Gasteiger partial charge in [0.25, 0.3) is 5.56 Å². The highest BCUT2D eigenvalue weighted by atomic mass is 32.1. The van der Waals surface area contributed by atoms with E-state index in [-0.39, 0.29) is 12.2 Å². The first kappa shape index (κ1) is 30.9. The Labute approximate surface area is 250 Å². The van der Waals surface area contributed by atoms with E-state index in [1.165, 1.54) is 11.3 Å². The fourth-order valence-corrected chi connectivity index (χ4v) is 6.13. The zero-order valence-corrected chi connectivity index (χ0v) is 26.2. The molecule has 10 heteroatoms. The second kappa shape index (κ2) is 13.7. The van der Waals surface area contributed by atoms with Crippen LogP contribution in [0.3, 0.4) is 0 Å². The molecule has 9 nitrogen and oxygen atoms in total. The number of anilines is 1. The molecule has 0 unspecified atom stereocenters. The summed E-state index contributed by atoms with van der Waals surface area (Å²) in [5.74, 6) is 1.28. The van der Waals surface area contributed by atoms with Crippen molar-refractivity contribution >= 4 is 29.1 Å². The van der Waals surface area contributed by atoms with E-state index in [4.69, 9.17) is 18.9 Å². The van der Waals surface area contributed by atoms with Gasteiger partial charge in [-0.25, -0.2) is 9.79 Å². The molecule has 0 aliphatic carbocycles. The predicted molar refractivity (Wildman–Crippen MR) is 166 cm³/mol. The Morgan fingerprint density at radius 2 is 1.69 bits per heavy atom. The van der Waals surface area contributed by atoms with E-state index >= 15 is 0 Å². The minimum Gasteiger partial charge on any atom is -0.496 e. The number of ether oxygens (including phenoxy) is 4. The van der Waals surface area contributed by atoms with Crippen LogP contribution in [0, 0.1) is 0 Å². The Morgan fingerprint density at radius 3 is 2.33 bits per heavy atom. The minimum atomic E-state index is -0.760. The molecule has 0 saturated carbocycles. The number of fused-ring (bicyclic) bond motifs is 1. The highest BCUT2D eigenvalue weighted by Crippen LogP contribution is 2.36. The molecule has 42 heavy (non-hydrogen) atoms. The van der Waals surface area contributed by atoms with Gasteiger partial charge in [-0.15, -0.1) is 0 Å². The highest BCUT2D eigenvalue weighted by Gasteiger charge is 2.34. The summed E-state index contributed by atoms with van der Waals surface area (Å²) in [6, 6.07) is 10.7.